The smallest absolute Gasteiger partial charge is 0.270 e. The summed E-state index contributed by atoms with van der Waals surface area (Å²) in [5.41, 5.74) is 0.0137. The van der Waals surface area contributed by atoms with E-state index < -0.39 is 20.9 Å². The Balaban J connectivity index is 1.75. The number of nitrogens with one attached hydrogen (secondary N) is 2. The topological polar surface area (TPSA) is 152 Å². The van der Waals surface area contributed by atoms with Crippen LogP contribution in [0.3, 0.4) is 0 Å². The number of hydrogen-bond donors (Lipinski definition) is 3. The van der Waals surface area contributed by atoms with Gasteiger partial charge in [0.25, 0.3) is 21.6 Å². The van der Waals surface area contributed by atoms with Crippen molar-refractivity contribution in [2.24, 2.45) is 0 Å². The number of benzene rings is 2. The first-order valence-corrected chi connectivity index (χ1v) is 9.57. The van der Waals surface area contributed by atoms with Crippen molar-refractivity contribution in [3.63, 3.8) is 0 Å². The van der Waals surface area contributed by atoms with E-state index in [-0.39, 0.29) is 33.4 Å². The Kier molecular flexibility index (Phi) is 5.41. The van der Waals surface area contributed by atoms with E-state index in [1.165, 1.54) is 60.8 Å². The lowest BCUT2D eigenvalue weighted by Crippen LogP contribution is -2.15. The average Bonchev–Trinajstić information content (AvgIpc) is 2.70. The van der Waals surface area contributed by atoms with Crippen LogP contribution in [0.4, 0.5) is 17.2 Å². The summed E-state index contributed by atoms with van der Waals surface area (Å²) < 4.78 is 27.1. The van der Waals surface area contributed by atoms with Gasteiger partial charge in [-0.05, 0) is 42.5 Å². The van der Waals surface area contributed by atoms with Gasteiger partial charge >= 0.3 is 0 Å². The molecule has 148 valence electrons. The third-order valence-electron chi connectivity index (χ3n) is 3.76. The van der Waals surface area contributed by atoms with E-state index in [1.807, 2.05) is 0 Å². The lowest BCUT2D eigenvalue weighted by molar-refractivity contribution is -0.385. The van der Waals surface area contributed by atoms with Gasteiger partial charge in [-0.15, -0.1) is 0 Å². The molecule has 29 heavy (non-hydrogen) atoms. The first-order valence-electron chi connectivity index (χ1n) is 8.09. The van der Waals surface area contributed by atoms with Gasteiger partial charge in [0.05, 0.1) is 9.82 Å². The normalized spacial score (nSPS) is 10.9. The minimum absolute atomic E-state index is 0.00653. The van der Waals surface area contributed by atoms with Gasteiger partial charge in [0.2, 0.25) is 0 Å². The molecule has 0 unspecified atom stereocenters. The number of nitrogens with zero attached hydrogens (tertiary/aromatic N) is 2. The van der Waals surface area contributed by atoms with E-state index in [1.54, 1.807) is 0 Å². The van der Waals surface area contributed by atoms with Crippen molar-refractivity contribution in [1.29, 1.82) is 0 Å². The van der Waals surface area contributed by atoms with Crippen LogP contribution in [0.1, 0.15) is 10.4 Å². The molecule has 0 saturated carbocycles. The molecule has 0 saturated heterocycles. The van der Waals surface area contributed by atoms with Gasteiger partial charge < -0.3 is 10.4 Å². The summed E-state index contributed by atoms with van der Waals surface area (Å²) in [6, 6.07) is 13.0. The summed E-state index contributed by atoms with van der Waals surface area (Å²) in [7, 11) is -4.05. The summed E-state index contributed by atoms with van der Waals surface area (Å²) in [6.45, 7) is 0. The number of aromatic nitrogens is 1. The highest BCUT2D eigenvalue weighted by Gasteiger charge is 2.18. The van der Waals surface area contributed by atoms with Crippen molar-refractivity contribution in [2.75, 3.05) is 10.0 Å². The molecule has 0 aliphatic carbocycles. The van der Waals surface area contributed by atoms with Gasteiger partial charge in [0.15, 0.2) is 11.6 Å². The second kappa shape index (κ2) is 7.94. The molecule has 3 N–H and O–H groups in total. The fourth-order valence-corrected chi connectivity index (χ4v) is 3.44. The number of nitro groups is 1. The Morgan fingerprint density at radius 3 is 2.45 bits per heavy atom. The maximum absolute atomic E-state index is 12.4. The molecule has 0 aliphatic rings. The van der Waals surface area contributed by atoms with Crippen LogP contribution in [0.15, 0.2) is 71.8 Å². The third-order valence-corrected chi connectivity index (χ3v) is 5.14. The zero-order valence-electron chi connectivity index (χ0n) is 14.6. The number of nitro benzene ring substituents is 1. The van der Waals surface area contributed by atoms with Crippen molar-refractivity contribution in [2.45, 2.75) is 4.90 Å². The van der Waals surface area contributed by atoms with Crippen LogP contribution in [0.25, 0.3) is 0 Å². The van der Waals surface area contributed by atoms with Crippen LogP contribution in [-0.4, -0.2) is 29.3 Å². The summed E-state index contributed by atoms with van der Waals surface area (Å²) >= 11 is 0. The zero-order chi connectivity index (χ0) is 21.0. The second-order valence-corrected chi connectivity index (χ2v) is 7.44. The Hall–Kier alpha value is -3.99. The molecule has 11 heteroatoms. The van der Waals surface area contributed by atoms with E-state index in [2.05, 4.69) is 15.0 Å². The summed E-state index contributed by atoms with van der Waals surface area (Å²) in [5.74, 6) is -0.748. The zero-order valence-corrected chi connectivity index (χ0v) is 15.5. The molecular formula is C18H14N4O6S. The molecule has 10 nitrogen and oxygen atoms in total. The number of carbonyl (C=O) groups excluding carboxylic acids is 1. The lowest BCUT2D eigenvalue weighted by Gasteiger charge is -2.09. The highest BCUT2D eigenvalue weighted by atomic mass is 32.2. The van der Waals surface area contributed by atoms with Crippen LogP contribution < -0.4 is 10.0 Å². The quantitative estimate of drug-likeness (QED) is 0.414. The van der Waals surface area contributed by atoms with E-state index >= 15 is 0 Å². The van der Waals surface area contributed by atoms with E-state index in [9.17, 15) is 28.4 Å². The van der Waals surface area contributed by atoms with E-state index in [0.29, 0.717) is 0 Å². The molecule has 3 rings (SSSR count). The number of non-ortho nitro benzene ring substituents is 1. The summed E-state index contributed by atoms with van der Waals surface area (Å²) in [5, 5.41) is 22.9. The molecule has 0 radical (unpaired) electrons. The predicted molar refractivity (Wildman–Crippen MR) is 104 cm³/mol. The van der Waals surface area contributed by atoms with Gasteiger partial charge in [0, 0.05) is 29.6 Å². The average molecular weight is 414 g/mol. The van der Waals surface area contributed by atoms with Crippen LogP contribution in [0, 0.1) is 10.1 Å². The molecule has 0 atom stereocenters. The first-order chi connectivity index (χ1) is 13.8. The number of aromatic hydroxyl groups is 1. The molecule has 2 aromatic carbocycles. The summed E-state index contributed by atoms with van der Waals surface area (Å²) in [4.78, 5) is 25.9. The Labute approximate surface area is 165 Å². The second-order valence-electron chi connectivity index (χ2n) is 5.76. The monoisotopic (exact) mass is 414 g/mol. The Morgan fingerprint density at radius 1 is 1.07 bits per heavy atom. The molecule has 1 amide bonds. The largest absolute Gasteiger partial charge is 0.504 e. The van der Waals surface area contributed by atoms with Crippen LogP contribution in [0.5, 0.6) is 5.75 Å². The molecule has 3 aromatic rings. The maximum atomic E-state index is 12.4. The number of hydrogen-bond acceptors (Lipinski definition) is 7. The minimum atomic E-state index is -4.05. The highest BCUT2D eigenvalue weighted by Crippen LogP contribution is 2.22. The van der Waals surface area contributed by atoms with Gasteiger partial charge in [-0.2, -0.15) is 0 Å². The molecule has 0 spiro atoms. The number of sulfonamides is 1. The number of amides is 1. The molecule has 0 fully saturated rings. The van der Waals surface area contributed by atoms with Crippen LogP contribution in [0.2, 0.25) is 0 Å². The molecule has 0 aliphatic heterocycles. The van der Waals surface area contributed by atoms with Crippen LogP contribution >= 0.6 is 0 Å². The fraction of sp³-hybridized carbons (Fsp3) is 0. The maximum Gasteiger partial charge on any atom is 0.270 e. The van der Waals surface area contributed by atoms with Gasteiger partial charge in [-0.25, -0.2) is 13.4 Å². The minimum Gasteiger partial charge on any atom is -0.504 e. The number of rotatable bonds is 6. The number of anilines is 2. The van der Waals surface area contributed by atoms with Crippen molar-refractivity contribution < 1.29 is 23.2 Å². The highest BCUT2D eigenvalue weighted by molar-refractivity contribution is 7.92. The van der Waals surface area contributed by atoms with Gasteiger partial charge in [0.1, 0.15) is 0 Å². The molecule has 1 aromatic heterocycles. The number of pyridine rings is 1. The fourth-order valence-electron chi connectivity index (χ4n) is 2.34. The van der Waals surface area contributed by atoms with Crippen molar-refractivity contribution in [3.8, 4) is 5.75 Å². The number of carbonyl (C=O) groups is 1. The van der Waals surface area contributed by atoms with Gasteiger partial charge in [-0.3, -0.25) is 19.6 Å². The standard InChI is InChI=1S/C18H14N4O6S/c23-16-5-2-10-19-17(16)20-18(24)12-6-8-13(9-7-12)21-29(27,28)15-4-1-3-14(11-15)22(25)26/h1-11,21,23H,(H,19,20,24). The van der Waals surface area contributed by atoms with E-state index in [4.69, 9.17) is 0 Å². The van der Waals surface area contributed by atoms with Crippen molar-refractivity contribution >= 4 is 33.1 Å². The lowest BCUT2D eigenvalue weighted by atomic mass is 10.2. The summed E-state index contributed by atoms with van der Waals surface area (Å²) in [6.07, 6.45) is 1.40. The van der Waals surface area contributed by atoms with Crippen LogP contribution in [-0.2, 0) is 10.0 Å². The van der Waals surface area contributed by atoms with E-state index in [0.717, 1.165) is 6.07 Å². The SMILES string of the molecule is O=C(Nc1ncccc1O)c1ccc(NS(=O)(=O)c2cccc([N+](=O)[O-])c2)cc1. The Morgan fingerprint density at radius 2 is 1.79 bits per heavy atom. The first kappa shape index (κ1) is 19.8. The van der Waals surface area contributed by atoms with Gasteiger partial charge in [-0.1, -0.05) is 6.07 Å². The Bertz CT molecular complexity index is 1180. The third kappa shape index (κ3) is 4.65. The predicted octanol–water partition coefficient (Wildman–Crippen LogP) is 2.75. The van der Waals surface area contributed by atoms with Crippen molar-refractivity contribution in [3.05, 3.63) is 82.5 Å². The molecular weight excluding hydrogens is 400 g/mol. The molecule has 1 heterocycles. The molecule has 0 bridgehead atoms. The van der Waals surface area contributed by atoms with Crippen molar-refractivity contribution in [1.82, 2.24) is 4.98 Å².